The molecule has 0 amide bonds. The Morgan fingerprint density at radius 1 is 0.345 bits per heavy atom. The van der Waals surface area contributed by atoms with E-state index in [4.69, 9.17) is 8.83 Å². The molecular formula is C54H40N2O2. The van der Waals surface area contributed by atoms with Crippen LogP contribution in [0.15, 0.2) is 204 Å². The molecule has 0 spiro atoms. The van der Waals surface area contributed by atoms with E-state index in [-0.39, 0.29) is 0 Å². The number of allylic oxidation sites excluding steroid dienone is 2. The van der Waals surface area contributed by atoms with Gasteiger partial charge in [0, 0.05) is 54.5 Å². The van der Waals surface area contributed by atoms with Crippen molar-refractivity contribution in [1.29, 1.82) is 0 Å². The number of hydrogen-bond acceptors (Lipinski definition) is 2. The topological polar surface area (TPSA) is 36.1 Å². The molecule has 0 bridgehead atoms. The van der Waals surface area contributed by atoms with Gasteiger partial charge in [-0.3, -0.25) is 0 Å². The Kier molecular flexibility index (Phi) is 8.53. The molecule has 0 aliphatic rings. The number of benzene rings is 8. The molecule has 4 heterocycles. The van der Waals surface area contributed by atoms with Crippen molar-refractivity contribution in [3.05, 3.63) is 195 Å². The summed E-state index contributed by atoms with van der Waals surface area (Å²) >= 11 is 0. The molecule has 12 rings (SSSR count). The van der Waals surface area contributed by atoms with E-state index in [1.165, 1.54) is 54.7 Å². The van der Waals surface area contributed by atoms with E-state index in [0.29, 0.717) is 0 Å². The standard InChI is InChI=1S/C48H28N2O2.2C3H6/c1-5-13-41-33(9-1)37-25-29(17-21-43(37)49(41)31-19-23-47-39(27-31)35-11-3-7-15-45(35)51-47)30-18-22-44-38(26-30)34-10-2-6-14-42(34)50(44)32-20-24-48-40(28-32)36-12-4-8-16-46(36)52-48;2*1-3-2/h1-28H;2*3H,1H2,2H3. The van der Waals surface area contributed by atoms with Crippen LogP contribution < -0.4 is 0 Å². The first kappa shape index (κ1) is 34.9. The molecule has 0 saturated heterocycles. The fourth-order valence-electron chi connectivity index (χ4n) is 8.57. The Labute approximate surface area is 335 Å². The summed E-state index contributed by atoms with van der Waals surface area (Å²) in [5.41, 5.74) is 13.0. The summed E-state index contributed by atoms with van der Waals surface area (Å²) in [5, 5.41) is 9.45. The number of nitrogens with zero attached hydrogens (tertiary/aromatic N) is 2. The quantitative estimate of drug-likeness (QED) is 0.169. The summed E-state index contributed by atoms with van der Waals surface area (Å²) in [6.45, 7) is 10.5. The zero-order valence-electron chi connectivity index (χ0n) is 32.4. The van der Waals surface area contributed by atoms with Gasteiger partial charge in [-0.2, -0.15) is 0 Å². The third-order valence-corrected chi connectivity index (χ3v) is 10.9. The average molecular weight is 749 g/mol. The van der Waals surface area contributed by atoms with Gasteiger partial charge in [-0.1, -0.05) is 97.1 Å². The molecular weight excluding hydrogens is 709 g/mol. The Morgan fingerprint density at radius 3 is 1.12 bits per heavy atom. The van der Waals surface area contributed by atoms with Crippen LogP contribution in [-0.4, -0.2) is 9.13 Å². The zero-order chi connectivity index (χ0) is 39.3. The fraction of sp³-hybridized carbons (Fsp3) is 0.0370. The largest absolute Gasteiger partial charge is 0.456 e. The zero-order valence-corrected chi connectivity index (χ0v) is 32.4. The molecule has 278 valence electrons. The minimum absolute atomic E-state index is 0.903. The first-order valence-electron chi connectivity index (χ1n) is 19.6. The summed E-state index contributed by atoms with van der Waals surface area (Å²) in [6.07, 6.45) is 3.50. The van der Waals surface area contributed by atoms with Crippen molar-refractivity contribution in [2.75, 3.05) is 0 Å². The minimum atomic E-state index is 0.903. The third-order valence-electron chi connectivity index (χ3n) is 10.9. The Morgan fingerprint density at radius 2 is 0.690 bits per heavy atom. The molecule has 58 heavy (non-hydrogen) atoms. The number of para-hydroxylation sites is 4. The molecule has 0 unspecified atom stereocenters. The minimum Gasteiger partial charge on any atom is -0.456 e. The van der Waals surface area contributed by atoms with E-state index < -0.39 is 0 Å². The average Bonchev–Trinajstić information content (AvgIpc) is 4.01. The van der Waals surface area contributed by atoms with Crippen LogP contribution in [0.5, 0.6) is 0 Å². The monoisotopic (exact) mass is 748 g/mol. The van der Waals surface area contributed by atoms with Crippen molar-refractivity contribution in [3.63, 3.8) is 0 Å². The highest BCUT2D eigenvalue weighted by molar-refractivity contribution is 6.14. The van der Waals surface area contributed by atoms with Gasteiger partial charge in [0.2, 0.25) is 0 Å². The molecule has 12 aromatic rings. The van der Waals surface area contributed by atoms with Crippen molar-refractivity contribution in [2.45, 2.75) is 13.8 Å². The van der Waals surface area contributed by atoms with Gasteiger partial charge in [-0.15, -0.1) is 13.2 Å². The van der Waals surface area contributed by atoms with Crippen LogP contribution in [0.2, 0.25) is 0 Å². The van der Waals surface area contributed by atoms with Crippen molar-refractivity contribution < 1.29 is 8.83 Å². The Bertz CT molecular complexity index is 3300. The summed E-state index contributed by atoms with van der Waals surface area (Å²) in [6, 6.07) is 60.8. The summed E-state index contributed by atoms with van der Waals surface area (Å²) in [4.78, 5) is 0. The SMILES string of the molecule is C=CC.C=CC.c1ccc2c(c1)oc1ccc(-n3c4ccccc4c4cc(-c5ccc6c(c5)c5ccccc5n6-c5ccc6oc7ccccc7c6c5)ccc43)cc12. The second kappa shape index (κ2) is 14.2. The van der Waals surface area contributed by atoms with Crippen LogP contribution >= 0.6 is 0 Å². The van der Waals surface area contributed by atoms with E-state index in [1.54, 1.807) is 12.2 Å². The summed E-state index contributed by atoms with van der Waals surface area (Å²) in [7, 11) is 0. The lowest BCUT2D eigenvalue weighted by atomic mass is 10.0. The molecule has 0 aliphatic carbocycles. The lowest BCUT2D eigenvalue weighted by molar-refractivity contribution is 0.668. The van der Waals surface area contributed by atoms with Crippen LogP contribution in [0.4, 0.5) is 0 Å². The van der Waals surface area contributed by atoms with Crippen molar-refractivity contribution >= 4 is 87.5 Å². The van der Waals surface area contributed by atoms with Crippen molar-refractivity contribution in [3.8, 4) is 22.5 Å². The molecule has 0 atom stereocenters. The third kappa shape index (κ3) is 5.53. The van der Waals surface area contributed by atoms with E-state index in [0.717, 1.165) is 55.3 Å². The van der Waals surface area contributed by atoms with Gasteiger partial charge < -0.3 is 18.0 Å². The maximum Gasteiger partial charge on any atom is 0.135 e. The Balaban J connectivity index is 0.000000644. The predicted octanol–water partition coefficient (Wildman–Crippen LogP) is 15.7. The van der Waals surface area contributed by atoms with Crippen LogP contribution in [-0.2, 0) is 0 Å². The van der Waals surface area contributed by atoms with E-state index in [1.807, 2.05) is 38.1 Å². The number of fused-ring (bicyclic) bond motifs is 12. The van der Waals surface area contributed by atoms with Crippen LogP contribution in [0, 0.1) is 0 Å². The van der Waals surface area contributed by atoms with E-state index >= 15 is 0 Å². The molecule has 0 radical (unpaired) electrons. The first-order valence-corrected chi connectivity index (χ1v) is 19.6. The number of furan rings is 2. The van der Waals surface area contributed by atoms with Crippen molar-refractivity contribution in [2.24, 2.45) is 0 Å². The van der Waals surface area contributed by atoms with Gasteiger partial charge in [-0.05, 0) is 110 Å². The number of rotatable bonds is 3. The molecule has 8 aromatic carbocycles. The molecule has 0 N–H and O–H groups in total. The predicted molar refractivity (Wildman–Crippen MR) is 247 cm³/mol. The lowest BCUT2D eigenvalue weighted by Crippen LogP contribution is -1.93. The van der Waals surface area contributed by atoms with Gasteiger partial charge in [0.05, 0.1) is 22.1 Å². The van der Waals surface area contributed by atoms with Gasteiger partial charge in [0.15, 0.2) is 0 Å². The van der Waals surface area contributed by atoms with Crippen LogP contribution in [0.1, 0.15) is 13.8 Å². The highest BCUT2D eigenvalue weighted by Gasteiger charge is 2.18. The van der Waals surface area contributed by atoms with Crippen LogP contribution in [0.3, 0.4) is 0 Å². The normalized spacial score (nSPS) is 11.4. The first-order chi connectivity index (χ1) is 28.6. The highest BCUT2D eigenvalue weighted by Crippen LogP contribution is 2.40. The van der Waals surface area contributed by atoms with Gasteiger partial charge in [-0.25, -0.2) is 0 Å². The van der Waals surface area contributed by atoms with E-state index in [2.05, 4.69) is 168 Å². The molecule has 4 aromatic heterocycles. The van der Waals surface area contributed by atoms with Crippen molar-refractivity contribution in [1.82, 2.24) is 9.13 Å². The highest BCUT2D eigenvalue weighted by atomic mass is 16.3. The second-order valence-corrected chi connectivity index (χ2v) is 14.5. The molecule has 4 heteroatoms. The summed E-state index contributed by atoms with van der Waals surface area (Å²) < 4.78 is 17.1. The molecule has 0 saturated carbocycles. The van der Waals surface area contributed by atoms with Gasteiger partial charge >= 0.3 is 0 Å². The smallest absolute Gasteiger partial charge is 0.135 e. The molecule has 4 nitrogen and oxygen atoms in total. The van der Waals surface area contributed by atoms with Crippen LogP contribution in [0.25, 0.3) is 110 Å². The number of hydrogen-bond donors (Lipinski definition) is 0. The van der Waals surface area contributed by atoms with Gasteiger partial charge in [0.1, 0.15) is 22.3 Å². The maximum atomic E-state index is 6.16. The maximum absolute atomic E-state index is 6.16. The lowest BCUT2D eigenvalue weighted by Gasteiger charge is -2.10. The fourth-order valence-corrected chi connectivity index (χ4v) is 8.57. The molecule has 0 aliphatic heterocycles. The molecule has 0 fully saturated rings. The number of aromatic nitrogens is 2. The summed E-state index contributed by atoms with van der Waals surface area (Å²) in [5.74, 6) is 0. The Hall–Kier alpha value is -7.56. The van der Waals surface area contributed by atoms with Gasteiger partial charge in [0.25, 0.3) is 0 Å². The second-order valence-electron chi connectivity index (χ2n) is 14.5. The van der Waals surface area contributed by atoms with E-state index in [9.17, 15) is 0 Å².